The predicted octanol–water partition coefficient (Wildman–Crippen LogP) is 3.01. The van der Waals surface area contributed by atoms with Crippen LogP contribution < -0.4 is 10.1 Å². The van der Waals surface area contributed by atoms with Gasteiger partial charge in [-0.2, -0.15) is 0 Å². The molecule has 18 heavy (non-hydrogen) atoms. The molecule has 1 aromatic rings. The highest BCUT2D eigenvalue weighted by Crippen LogP contribution is 2.18. The van der Waals surface area contributed by atoms with E-state index in [1.807, 2.05) is 24.3 Å². The number of nitrogens with one attached hydrogen (secondary N) is 1. The number of amides is 1. The number of methoxy groups -OCH3 is 1. The lowest BCUT2D eigenvalue weighted by atomic mass is 10.2. The number of carbonyl (C=O) groups excluding carboxylic acids is 1. The van der Waals surface area contributed by atoms with E-state index in [4.69, 9.17) is 4.74 Å². The second kappa shape index (κ2) is 8.34. The highest BCUT2D eigenvalue weighted by atomic mass is 16.5. The van der Waals surface area contributed by atoms with E-state index in [-0.39, 0.29) is 5.91 Å². The fraction of sp³-hybridized carbons (Fsp3) is 0.400. The number of para-hydroxylation sites is 1. The fourth-order valence-corrected chi connectivity index (χ4v) is 1.62. The predicted molar refractivity (Wildman–Crippen MR) is 74.6 cm³/mol. The first-order valence-electron chi connectivity index (χ1n) is 6.37. The summed E-state index contributed by atoms with van der Waals surface area (Å²) in [5, 5.41) is 2.86. The number of hydrogen-bond acceptors (Lipinski definition) is 2. The SMILES string of the molecule is CCCCCNC(=O)C=Cc1ccccc1OC. The number of rotatable bonds is 7. The quantitative estimate of drug-likeness (QED) is 0.594. The molecule has 0 fully saturated rings. The highest BCUT2D eigenvalue weighted by molar-refractivity contribution is 5.92. The minimum Gasteiger partial charge on any atom is -0.496 e. The first-order chi connectivity index (χ1) is 8.77. The average molecular weight is 247 g/mol. The van der Waals surface area contributed by atoms with E-state index < -0.39 is 0 Å². The number of carbonyl (C=O) groups is 1. The monoisotopic (exact) mass is 247 g/mol. The van der Waals surface area contributed by atoms with Gasteiger partial charge < -0.3 is 10.1 Å². The summed E-state index contributed by atoms with van der Waals surface area (Å²) in [6.45, 7) is 2.88. The van der Waals surface area contributed by atoms with Crippen LogP contribution in [0.2, 0.25) is 0 Å². The molecule has 0 aliphatic carbocycles. The Morgan fingerprint density at radius 1 is 1.33 bits per heavy atom. The molecule has 0 aliphatic rings. The van der Waals surface area contributed by atoms with Gasteiger partial charge in [0.25, 0.3) is 0 Å². The minimum atomic E-state index is -0.0583. The molecule has 0 bridgehead atoms. The Bertz CT molecular complexity index is 399. The van der Waals surface area contributed by atoms with Crippen molar-refractivity contribution in [1.82, 2.24) is 5.32 Å². The zero-order valence-electron chi connectivity index (χ0n) is 11.1. The summed E-state index contributed by atoms with van der Waals surface area (Å²) in [6, 6.07) is 7.61. The molecule has 0 saturated carbocycles. The Kier molecular flexibility index (Phi) is 6.62. The summed E-state index contributed by atoms with van der Waals surface area (Å²) in [7, 11) is 1.62. The largest absolute Gasteiger partial charge is 0.496 e. The van der Waals surface area contributed by atoms with Gasteiger partial charge in [-0.15, -0.1) is 0 Å². The van der Waals surface area contributed by atoms with Gasteiger partial charge in [-0.05, 0) is 18.6 Å². The third-order valence-corrected chi connectivity index (χ3v) is 2.63. The van der Waals surface area contributed by atoms with Crippen LogP contribution in [0.3, 0.4) is 0 Å². The normalized spacial score (nSPS) is 10.6. The molecule has 0 unspecified atom stereocenters. The van der Waals surface area contributed by atoms with Gasteiger partial charge in [-0.3, -0.25) is 4.79 Å². The Labute approximate surface area is 109 Å². The topological polar surface area (TPSA) is 38.3 Å². The molecule has 1 N–H and O–H groups in total. The molecule has 0 radical (unpaired) electrons. The zero-order chi connectivity index (χ0) is 13.2. The number of unbranched alkanes of at least 4 members (excludes halogenated alkanes) is 2. The van der Waals surface area contributed by atoms with Crippen LogP contribution in [0.25, 0.3) is 6.08 Å². The number of hydrogen-bond donors (Lipinski definition) is 1. The van der Waals surface area contributed by atoms with Crippen LogP contribution in [0, 0.1) is 0 Å². The summed E-state index contributed by atoms with van der Waals surface area (Å²) in [5.41, 5.74) is 0.906. The third kappa shape index (κ3) is 5.04. The molecule has 0 saturated heterocycles. The van der Waals surface area contributed by atoms with Gasteiger partial charge in [0.15, 0.2) is 0 Å². The maximum absolute atomic E-state index is 11.5. The smallest absolute Gasteiger partial charge is 0.244 e. The van der Waals surface area contributed by atoms with Crippen molar-refractivity contribution in [3.05, 3.63) is 35.9 Å². The standard InChI is InChI=1S/C15H21NO2/c1-3-4-7-12-16-15(17)11-10-13-8-5-6-9-14(13)18-2/h5-6,8-11H,3-4,7,12H2,1-2H3,(H,16,17). The van der Waals surface area contributed by atoms with Crippen molar-refractivity contribution in [2.45, 2.75) is 26.2 Å². The summed E-state index contributed by atoms with van der Waals surface area (Å²) in [6.07, 6.45) is 6.66. The molecule has 0 heterocycles. The maximum Gasteiger partial charge on any atom is 0.244 e. The van der Waals surface area contributed by atoms with Crippen molar-refractivity contribution >= 4 is 12.0 Å². The van der Waals surface area contributed by atoms with Crippen molar-refractivity contribution in [2.24, 2.45) is 0 Å². The van der Waals surface area contributed by atoms with Crippen LogP contribution in [0.15, 0.2) is 30.3 Å². The van der Waals surface area contributed by atoms with E-state index in [0.29, 0.717) is 0 Å². The van der Waals surface area contributed by atoms with Crippen molar-refractivity contribution in [1.29, 1.82) is 0 Å². The van der Waals surface area contributed by atoms with Crippen LogP contribution in [0.5, 0.6) is 5.75 Å². The molecule has 0 spiro atoms. The van der Waals surface area contributed by atoms with Crippen LogP contribution >= 0.6 is 0 Å². The lowest BCUT2D eigenvalue weighted by Gasteiger charge is -2.03. The van der Waals surface area contributed by atoms with Crippen LogP contribution in [0.4, 0.5) is 0 Å². The first-order valence-corrected chi connectivity index (χ1v) is 6.37. The molecule has 1 amide bonds. The van der Waals surface area contributed by atoms with E-state index in [9.17, 15) is 4.79 Å². The minimum absolute atomic E-state index is 0.0583. The lowest BCUT2D eigenvalue weighted by molar-refractivity contribution is -0.116. The van der Waals surface area contributed by atoms with Crippen molar-refractivity contribution < 1.29 is 9.53 Å². The van der Waals surface area contributed by atoms with E-state index >= 15 is 0 Å². The highest BCUT2D eigenvalue weighted by Gasteiger charge is 1.98. The summed E-state index contributed by atoms with van der Waals surface area (Å²) in [5.74, 6) is 0.713. The molecule has 0 atom stereocenters. The molecule has 3 nitrogen and oxygen atoms in total. The average Bonchev–Trinajstić information content (AvgIpc) is 2.41. The van der Waals surface area contributed by atoms with Crippen LogP contribution in [-0.4, -0.2) is 19.6 Å². The Hall–Kier alpha value is -1.77. The van der Waals surface area contributed by atoms with Crippen LogP contribution in [-0.2, 0) is 4.79 Å². The second-order valence-corrected chi connectivity index (χ2v) is 4.07. The lowest BCUT2D eigenvalue weighted by Crippen LogP contribution is -2.21. The van der Waals surface area contributed by atoms with Crippen molar-refractivity contribution in [3.8, 4) is 5.75 Å². The molecule has 3 heteroatoms. The molecule has 0 aromatic heterocycles. The summed E-state index contributed by atoms with van der Waals surface area (Å²) >= 11 is 0. The van der Waals surface area contributed by atoms with Gasteiger partial charge in [-0.25, -0.2) is 0 Å². The molecule has 1 rings (SSSR count). The van der Waals surface area contributed by atoms with Gasteiger partial charge in [0.05, 0.1) is 7.11 Å². The first kappa shape index (κ1) is 14.3. The fourth-order valence-electron chi connectivity index (χ4n) is 1.62. The Morgan fingerprint density at radius 2 is 2.11 bits per heavy atom. The van der Waals surface area contributed by atoms with E-state index in [1.54, 1.807) is 19.3 Å². The summed E-state index contributed by atoms with van der Waals surface area (Å²) < 4.78 is 5.21. The van der Waals surface area contributed by atoms with Crippen LogP contribution in [0.1, 0.15) is 31.7 Å². The van der Waals surface area contributed by atoms with Gasteiger partial charge in [0.2, 0.25) is 5.91 Å². The van der Waals surface area contributed by atoms with E-state index in [1.165, 1.54) is 0 Å². The molecular formula is C15H21NO2. The van der Waals surface area contributed by atoms with Crippen molar-refractivity contribution in [2.75, 3.05) is 13.7 Å². The molecular weight excluding hydrogens is 226 g/mol. The third-order valence-electron chi connectivity index (χ3n) is 2.63. The number of ether oxygens (including phenoxy) is 1. The maximum atomic E-state index is 11.5. The van der Waals surface area contributed by atoms with Crippen molar-refractivity contribution in [3.63, 3.8) is 0 Å². The van der Waals surface area contributed by atoms with E-state index in [2.05, 4.69) is 12.2 Å². The molecule has 0 aliphatic heterocycles. The molecule has 98 valence electrons. The summed E-state index contributed by atoms with van der Waals surface area (Å²) in [4.78, 5) is 11.5. The number of benzene rings is 1. The Balaban J connectivity index is 2.45. The Morgan fingerprint density at radius 3 is 2.83 bits per heavy atom. The van der Waals surface area contributed by atoms with Gasteiger partial charge in [-0.1, -0.05) is 38.0 Å². The van der Waals surface area contributed by atoms with E-state index in [0.717, 1.165) is 37.1 Å². The van der Waals surface area contributed by atoms with Gasteiger partial charge in [0, 0.05) is 18.2 Å². The van der Waals surface area contributed by atoms with Gasteiger partial charge in [0.1, 0.15) is 5.75 Å². The second-order valence-electron chi connectivity index (χ2n) is 4.07. The molecule has 1 aromatic carbocycles. The van der Waals surface area contributed by atoms with Gasteiger partial charge >= 0.3 is 0 Å². The zero-order valence-corrected chi connectivity index (χ0v) is 11.1.